The van der Waals surface area contributed by atoms with E-state index in [1.807, 2.05) is 0 Å². The standard InChI is InChI=1S/C15H26BrN3/c1-4-17-13-8-6-7-12(9-13)10-14-15(16)11(3)18-19(14)5-2/h12-13,17H,4-10H2,1-3H3. The molecule has 1 aliphatic rings. The van der Waals surface area contributed by atoms with E-state index in [1.165, 1.54) is 35.8 Å². The van der Waals surface area contributed by atoms with E-state index >= 15 is 0 Å². The highest BCUT2D eigenvalue weighted by molar-refractivity contribution is 9.10. The molecule has 1 saturated carbocycles. The molecular formula is C15H26BrN3. The minimum absolute atomic E-state index is 0.724. The molecule has 0 amide bonds. The summed E-state index contributed by atoms with van der Waals surface area (Å²) in [5.74, 6) is 0.801. The Labute approximate surface area is 125 Å². The van der Waals surface area contributed by atoms with E-state index in [4.69, 9.17) is 0 Å². The Balaban J connectivity index is 2.04. The Morgan fingerprint density at radius 3 is 2.84 bits per heavy atom. The second-order valence-corrected chi connectivity index (χ2v) is 6.45. The van der Waals surface area contributed by atoms with Crippen LogP contribution in [0.5, 0.6) is 0 Å². The average molecular weight is 328 g/mol. The lowest BCUT2D eigenvalue weighted by Gasteiger charge is -2.29. The number of nitrogens with zero attached hydrogens (tertiary/aromatic N) is 2. The summed E-state index contributed by atoms with van der Waals surface area (Å²) >= 11 is 3.72. The van der Waals surface area contributed by atoms with Crippen LogP contribution in [0, 0.1) is 12.8 Å². The minimum Gasteiger partial charge on any atom is -0.314 e. The third-order valence-corrected chi connectivity index (χ3v) is 5.24. The molecule has 2 atom stereocenters. The monoisotopic (exact) mass is 327 g/mol. The van der Waals surface area contributed by atoms with Crippen LogP contribution < -0.4 is 5.32 Å². The van der Waals surface area contributed by atoms with Crippen molar-refractivity contribution in [3.63, 3.8) is 0 Å². The van der Waals surface area contributed by atoms with E-state index in [9.17, 15) is 0 Å². The van der Waals surface area contributed by atoms with Crippen LogP contribution in [0.4, 0.5) is 0 Å². The van der Waals surface area contributed by atoms with Gasteiger partial charge in [-0.25, -0.2) is 0 Å². The maximum absolute atomic E-state index is 4.60. The predicted molar refractivity (Wildman–Crippen MR) is 83.5 cm³/mol. The predicted octanol–water partition coefficient (Wildman–Crippen LogP) is 3.68. The van der Waals surface area contributed by atoms with Crippen molar-refractivity contribution in [1.29, 1.82) is 0 Å². The van der Waals surface area contributed by atoms with Crippen molar-refractivity contribution in [2.45, 2.75) is 65.5 Å². The highest BCUT2D eigenvalue weighted by atomic mass is 79.9. The van der Waals surface area contributed by atoms with Crippen molar-refractivity contribution in [3.05, 3.63) is 15.9 Å². The molecule has 1 aliphatic carbocycles. The van der Waals surface area contributed by atoms with Gasteiger partial charge in [0.05, 0.1) is 15.9 Å². The van der Waals surface area contributed by atoms with Gasteiger partial charge in [-0.3, -0.25) is 4.68 Å². The first-order valence-electron chi connectivity index (χ1n) is 7.60. The van der Waals surface area contributed by atoms with E-state index in [-0.39, 0.29) is 0 Å². The fourth-order valence-electron chi connectivity index (χ4n) is 3.29. The summed E-state index contributed by atoms with van der Waals surface area (Å²) in [6, 6.07) is 0.724. The van der Waals surface area contributed by atoms with Gasteiger partial charge in [0.25, 0.3) is 0 Å². The normalized spacial score (nSPS) is 23.8. The Morgan fingerprint density at radius 2 is 2.16 bits per heavy atom. The molecule has 1 aromatic heterocycles. The van der Waals surface area contributed by atoms with Gasteiger partial charge in [0.2, 0.25) is 0 Å². The van der Waals surface area contributed by atoms with E-state index in [1.54, 1.807) is 0 Å². The number of nitrogens with one attached hydrogen (secondary N) is 1. The highest BCUT2D eigenvalue weighted by Crippen LogP contribution is 2.31. The second-order valence-electron chi connectivity index (χ2n) is 5.65. The fourth-order valence-corrected chi connectivity index (χ4v) is 3.73. The Bertz CT molecular complexity index is 412. The summed E-state index contributed by atoms with van der Waals surface area (Å²) in [5, 5.41) is 8.22. The zero-order valence-electron chi connectivity index (χ0n) is 12.4. The van der Waals surface area contributed by atoms with Crippen molar-refractivity contribution < 1.29 is 0 Å². The molecule has 4 heteroatoms. The van der Waals surface area contributed by atoms with Crippen molar-refractivity contribution in [1.82, 2.24) is 15.1 Å². The molecule has 0 aliphatic heterocycles. The van der Waals surface area contributed by atoms with Crippen LogP contribution in [0.3, 0.4) is 0 Å². The lowest BCUT2D eigenvalue weighted by molar-refractivity contribution is 0.283. The molecule has 1 fully saturated rings. The van der Waals surface area contributed by atoms with Crippen LogP contribution in [-0.2, 0) is 13.0 Å². The third kappa shape index (κ3) is 3.60. The first-order chi connectivity index (χ1) is 9.15. The van der Waals surface area contributed by atoms with E-state index in [2.05, 4.69) is 51.8 Å². The van der Waals surface area contributed by atoms with E-state index < -0.39 is 0 Å². The van der Waals surface area contributed by atoms with Crippen LogP contribution in [-0.4, -0.2) is 22.4 Å². The number of hydrogen-bond donors (Lipinski definition) is 1. The maximum atomic E-state index is 4.60. The van der Waals surface area contributed by atoms with E-state index in [0.29, 0.717) is 0 Å². The van der Waals surface area contributed by atoms with Crippen LogP contribution in [0.2, 0.25) is 0 Å². The summed E-state index contributed by atoms with van der Waals surface area (Å²) in [4.78, 5) is 0. The minimum atomic E-state index is 0.724. The van der Waals surface area contributed by atoms with Crippen LogP contribution >= 0.6 is 15.9 Å². The van der Waals surface area contributed by atoms with Gasteiger partial charge < -0.3 is 5.32 Å². The van der Waals surface area contributed by atoms with Gasteiger partial charge in [0.1, 0.15) is 0 Å². The van der Waals surface area contributed by atoms with Gasteiger partial charge in [-0.05, 0) is 67.9 Å². The van der Waals surface area contributed by atoms with Gasteiger partial charge in [-0.15, -0.1) is 0 Å². The van der Waals surface area contributed by atoms with Gasteiger partial charge in [0, 0.05) is 12.6 Å². The maximum Gasteiger partial charge on any atom is 0.0738 e. The molecule has 1 heterocycles. The van der Waals surface area contributed by atoms with Crippen LogP contribution in [0.15, 0.2) is 4.47 Å². The Kier molecular flexibility index (Phi) is 5.46. The summed E-state index contributed by atoms with van der Waals surface area (Å²) in [6.07, 6.45) is 6.55. The lowest BCUT2D eigenvalue weighted by Crippen LogP contribution is -2.34. The molecule has 0 aromatic carbocycles. The summed E-state index contributed by atoms with van der Waals surface area (Å²) in [7, 11) is 0. The molecule has 0 radical (unpaired) electrons. The molecule has 2 unspecified atom stereocenters. The average Bonchev–Trinajstić information content (AvgIpc) is 2.67. The Morgan fingerprint density at radius 1 is 1.37 bits per heavy atom. The first-order valence-corrected chi connectivity index (χ1v) is 8.40. The van der Waals surface area contributed by atoms with Crippen LogP contribution in [0.1, 0.15) is 50.9 Å². The number of aryl methyl sites for hydroxylation is 2. The molecular weight excluding hydrogens is 302 g/mol. The fraction of sp³-hybridized carbons (Fsp3) is 0.800. The van der Waals surface area contributed by atoms with Crippen molar-refractivity contribution in [2.24, 2.45) is 5.92 Å². The Hall–Kier alpha value is -0.350. The molecule has 0 spiro atoms. The first kappa shape index (κ1) is 15.0. The summed E-state index contributed by atoms with van der Waals surface area (Å²) in [5.41, 5.74) is 2.51. The smallest absolute Gasteiger partial charge is 0.0738 e. The summed E-state index contributed by atoms with van der Waals surface area (Å²) < 4.78 is 3.39. The van der Waals surface area contributed by atoms with Gasteiger partial charge >= 0.3 is 0 Å². The number of halogens is 1. The van der Waals surface area contributed by atoms with Crippen molar-refractivity contribution in [2.75, 3.05) is 6.54 Å². The zero-order chi connectivity index (χ0) is 13.8. The van der Waals surface area contributed by atoms with Gasteiger partial charge in [-0.2, -0.15) is 5.10 Å². The zero-order valence-corrected chi connectivity index (χ0v) is 14.0. The number of rotatable bonds is 5. The SMILES string of the molecule is CCNC1CCCC(Cc2c(Br)c(C)nn2CC)C1. The topological polar surface area (TPSA) is 29.9 Å². The van der Waals surface area contributed by atoms with Gasteiger partial charge in [-0.1, -0.05) is 13.3 Å². The second kappa shape index (κ2) is 6.89. The molecule has 1 aromatic rings. The quantitative estimate of drug-likeness (QED) is 0.893. The van der Waals surface area contributed by atoms with Crippen LogP contribution in [0.25, 0.3) is 0 Å². The molecule has 2 rings (SSSR count). The highest BCUT2D eigenvalue weighted by Gasteiger charge is 2.24. The third-order valence-electron chi connectivity index (χ3n) is 4.21. The summed E-state index contributed by atoms with van der Waals surface area (Å²) in [6.45, 7) is 8.51. The van der Waals surface area contributed by atoms with Gasteiger partial charge in [0.15, 0.2) is 0 Å². The van der Waals surface area contributed by atoms with E-state index in [0.717, 1.165) is 37.2 Å². The van der Waals surface area contributed by atoms with Crippen molar-refractivity contribution in [3.8, 4) is 0 Å². The number of hydrogen-bond acceptors (Lipinski definition) is 2. The lowest BCUT2D eigenvalue weighted by atomic mass is 9.83. The number of aromatic nitrogens is 2. The molecule has 19 heavy (non-hydrogen) atoms. The molecule has 1 N–H and O–H groups in total. The molecule has 108 valence electrons. The molecule has 0 bridgehead atoms. The molecule has 0 saturated heterocycles. The largest absolute Gasteiger partial charge is 0.314 e. The van der Waals surface area contributed by atoms with Crippen molar-refractivity contribution >= 4 is 15.9 Å². The molecule has 3 nitrogen and oxygen atoms in total.